The molecule has 1 aliphatic rings. The summed E-state index contributed by atoms with van der Waals surface area (Å²) >= 11 is 1.69. The highest BCUT2D eigenvalue weighted by atomic mass is 32.1. The van der Waals surface area contributed by atoms with Crippen LogP contribution in [0.5, 0.6) is 0 Å². The summed E-state index contributed by atoms with van der Waals surface area (Å²) in [7, 11) is 0. The predicted octanol–water partition coefficient (Wildman–Crippen LogP) is 2.88. The van der Waals surface area contributed by atoms with Crippen molar-refractivity contribution in [1.29, 1.82) is 0 Å². The van der Waals surface area contributed by atoms with E-state index in [2.05, 4.69) is 27.2 Å². The molecule has 5 nitrogen and oxygen atoms in total. The van der Waals surface area contributed by atoms with Crippen LogP contribution in [0.15, 0.2) is 35.3 Å². The van der Waals surface area contributed by atoms with Crippen LogP contribution < -0.4 is 5.32 Å². The molecule has 2 aromatic rings. The van der Waals surface area contributed by atoms with Gasteiger partial charge in [0.25, 0.3) is 0 Å². The average Bonchev–Trinajstić information content (AvgIpc) is 3.20. The molecular formula is C15H20N4OS. The van der Waals surface area contributed by atoms with Crippen molar-refractivity contribution in [2.45, 2.75) is 38.4 Å². The lowest BCUT2D eigenvalue weighted by Gasteiger charge is -2.26. The Morgan fingerprint density at radius 1 is 1.62 bits per heavy atom. The Hall–Kier alpha value is -1.82. The Kier molecular flexibility index (Phi) is 4.24. The summed E-state index contributed by atoms with van der Waals surface area (Å²) in [5.41, 5.74) is 1.26. The summed E-state index contributed by atoms with van der Waals surface area (Å²) in [4.78, 5) is 14.4. The molecule has 1 N–H and O–H groups in total. The van der Waals surface area contributed by atoms with Crippen LogP contribution in [-0.4, -0.2) is 33.3 Å². The molecule has 1 fully saturated rings. The fourth-order valence-corrected chi connectivity index (χ4v) is 3.56. The van der Waals surface area contributed by atoms with E-state index in [-0.39, 0.29) is 18.1 Å². The average molecular weight is 304 g/mol. The highest BCUT2D eigenvalue weighted by molar-refractivity contribution is 7.07. The van der Waals surface area contributed by atoms with E-state index in [4.69, 9.17) is 0 Å². The number of thiophene rings is 1. The third-order valence-corrected chi connectivity index (χ3v) is 4.53. The normalized spacial score (nSPS) is 19.7. The van der Waals surface area contributed by atoms with Gasteiger partial charge in [0.2, 0.25) is 0 Å². The largest absolute Gasteiger partial charge is 0.334 e. The first kappa shape index (κ1) is 14.1. The number of amides is 2. The van der Waals surface area contributed by atoms with Crippen molar-refractivity contribution in [3.05, 3.63) is 40.8 Å². The lowest BCUT2D eigenvalue weighted by Crippen LogP contribution is -2.44. The Bertz CT molecular complexity index is 567. The van der Waals surface area contributed by atoms with E-state index in [0.29, 0.717) is 6.54 Å². The Morgan fingerprint density at radius 3 is 3.24 bits per heavy atom. The van der Waals surface area contributed by atoms with Gasteiger partial charge in [0.1, 0.15) is 0 Å². The molecule has 0 aliphatic carbocycles. The van der Waals surface area contributed by atoms with Crippen LogP contribution in [0.25, 0.3) is 0 Å². The number of urea groups is 1. The molecule has 0 aromatic carbocycles. The monoisotopic (exact) mass is 304 g/mol. The predicted molar refractivity (Wildman–Crippen MR) is 83.2 cm³/mol. The minimum atomic E-state index is 0.0309. The van der Waals surface area contributed by atoms with Crippen LogP contribution in [0.3, 0.4) is 0 Å². The minimum absolute atomic E-state index is 0.0309. The molecule has 1 aliphatic heterocycles. The van der Waals surface area contributed by atoms with Crippen LogP contribution in [0.1, 0.15) is 31.4 Å². The molecule has 0 bridgehead atoms. The summed E-state index contributed by atoms with van der Waals surface area (Å²) in [6, 6.07) is 4.33. The quantitative estimate of drug-likeness (QED) is 0.944. The van der Waals surface area contributed by atoms with Crippen molar-refractivity contribution < 1.29 is 4.79 Å². The van der Waals surface area contributed by atoms with Gasteiger partial charge in [0.15, 0.2) is 0 Å². The van der Waals surface area contributed by atoms with E-state index < -0.39 is 0 Å². The van der Waals surface area contributed by atoms with Crippen molar-refractivity contribution in [2.75, 3.05) is 6.54 Å². The number of rotatable bonds is 4. The number of aromatic nitrogens is 2. The van der Waals surface area contributed by atoms with Gasteiger partial charge in [0.05, 0.1) is 12.6 Å². The van der Waals surface area contributed by atoms with E-state index in [1.807, 2.05) is 28.8 Å². The van der Waals surface area contributed by atoms with Gasteiger partial charge in [0, 0.05) is 25.0 Å². The fourth-order valence-electron chi connectivity index (χ4n) is 2.85. The van der Waals surface area contributed by atoms with Crippen LogP contribution in [0.2, 0.25) is 0 Å². The second-order valence-electron chi connectivity index (χ2n) is 5.49. The van der Waals surface area contributed by atoms with Crippen molar-refractivity contribution >= 4 is 17.4 Å². The summed E-state index contributed by atoms with van der Waals surface area (Å²) in [5.74, 6) is 0. The molecule has 21 heavy (non-hydrogen) atoms. The zero-order chi connectivity index (χ0) is 14.7. The molecule has 2 atom stereocenters. The zero-order valence-corrected chi connectivity index (χ0v) is 12.9. The van der Waals surface area contributed by atoms with Gasteiger partial charge in [-0.3, -0.25) is 4.68 Å². The number of likely N-dealkylation sites (tertiary alicyclic amines) is 1. The van der Waals surface area contributed by atoms with Gasteiger partial charge in [-0.25, -0.2) is 4.79 Å². The first-order valence-corrected chi connectivity index (χ1v) is 8.25. The second-order valence-corrected chi connectivity index (χ2v) is 6.27. The third kappa shape index (κ3) is 3.26. The molecule has 2 aromatic heterocycles. The van der Waals surface area contributed by atoms with E-state index in [9.17, 15) is 4.79 Å². The second kappa shape index (κ2) is 6.30. The molecule has 0 radical (unpaired) electrons. The zero-order valence-electron chi connectivity index (χ0n) is 12.1. The molecule has 2 amide bonds. The fraction of sp³-hybridized carbons (Fsp3) is 0.467. The highest BCUT2D eigenvalue weighted by Gasteiger charge is 2.30. The third-order valence-electron chi connectivity index (χ3n) is 3.83. The lowest BCUT2D eigenvalue weighted by molar-refractivity contribution is 0.188. The lowest BCUT2D eigenvalue weighted by atomic mass is 10.1. The van der Waals surface area contributed by atoms with Gasteiger partial charge < -0.3 is 10.2 Å². The smallest absolute Gasteiger partial charge is 0.318 e. The van der Waals surface area contributed by atoms with E-state index >= 15 is 0 Å². The van der Waals surface area contributed by atoms with Crippen LogP contribution >= 0.6 is 11.3 Å². The van der Waals surface area contributed by atoms with Gasteiger partial charge in [-0.2, -0.15) is 16.4 Å². The van der Waals surface area contributed by atoms with E-state index in [1.54, 1.807) is 17.5 Å². The Morgan fingerprint density at radius 2 is 2.52 bits per heavy atom. The molecule has 0 saturated carbocycles. The maximum Gasteiger partial charge on any atom is 0.318 e. The maximum absolute atomic E-state index is 12.5. The summed E-state index contributed by atoms with van der Waals surface area (Å²) < 4.78 is 1.84. The molecular weight excluding hydrogens is 284 g/mol. The van der Waals surface area contributed by atoms with Crippen molar-refractivity contribution in [3.8, 4) is 0 Å². The molecule has 112 valence electrons. The summed E-state index contributed by atoms with van der Waals surface area (Å²) in [6.45, 7) is 3.53. The van der Waals surface area contributed by atoms with Gasteiger partial charge in [-0.1, -0.05) is 0 Å². The Balaban J connectivity index is 1.59. The SMILES string of the molecule is C[C@H](Cn1cccn1)NC(=O)N1CCC[C@@H]1c1ccsc1. The first-order valence-electron chi connectivity index (χ1n) is 7.30. The van der Waals surface area contributed by atoms with Crippen molar-refractivity contribution in [1.82, 2.24) is 20.0 Å². The molecule has 3 heterocycles. The molecule has 0 spiro atoms. The number of nitrogens with one attached hydrogen (secondary N) is 1. The van der Waals surface area contributed by atoms with Gasteiger partial charge in [-0.15, -0.1) is 0 Å². The number of hydrogen-bond donors (Lipinski definition) is 1. The van der Waals surface area contributed by atoms with Crippen molar-refractivity contribution in [3.63, 3.8) is 0 Å². The molecule has 3 rings (SSSR count). The Labute approximate surface area is 128 Å². The topological polar surface area (TPSA) is 50.2 Å². The summed E-state index contributed by atoms with van der Waals surface area (Å²) in [6.07, 6.45) is 5.79. The summed E-state index contributed by atoms with van der Waals surface area (Å²) in [5, 5.41) is 11.5. The number of hydrogen-bond acceptors (Lipinski definition) is 3. The van der Waals surface area contributed by atoms with Crippen molar-refractivity contribution in [2.24, 2.45) is 0 Å². The number of carbonyl (C=O) groups excluding carboxylic acids is 1. The number of nitrogens with zero attached hydrogens (tertiary/aromatic N) is 3. The standard InChI is InChI=1S/C15H20N4OS/c1-12(10-18-7-3-6-16-18)17-15(20)19-8-2-4-14(19)13-5-9-21-11-13/h3,5-7,9,11-12,14H,2,4,8,10H2,1H3,(H,17,20)/t12-,14-/m1/s1. The highest BCUT2D eigenvalue weighted by Crippen LogP contribution is 2.32. The van der Waals surface area contributed by atoms with Crippen LogP contribution in [0, 0.1) is 0 Å². The molecule has 0 unspecified atom stereocenters. The van der Waals surface area contributed by atoms with Gasteiger partial charge >= 0.3 is 6.03 Å². The van der Waals surface area contributed by atoms with E-state index in [0.717, 1.165) is 19.4 Å². The maximum atomic E-state index is 12.5. The van der Waals surface area contributed by atoms with Crippen LogP contribution in [-0.2, 0) is 6.54 Å². The molecule has 1 saturated heterocycles. The van der Waals surface area contributed by atoms with Crippen LogP contribution in [0.4, 0.5) is 4.79 Å². The first-order chi connectivity index (χ1) is 10.2. The van der Waals surface area contributed by atoms with Gasteiger partial charge in [-0.05, 0) is 48.2 Å². The minimum Gasteiger partial charge on any atom is -0.334 e. The molecule has 6 heteroatoms. The van der Waals surface area contributed by atoms with E-state index in [1.165, 1.54) is 5.56 Å². The number of carbonyl (C=O) groups is 1.